The summed E-state index contributed by atoms with van der Waals surface area (Å²) in [6.07, 6.45) is 3.18. The molecule has 2 rings (SSSR count). The van der Waals surface area contributed by atoms with Gasteiger partial charge in [-0.2, -0.15) is 0 Å². The van der Waals surface area contributed by atoms with Crippen LogP contribution in [0.2, 0.25) is 0 Å². The molecule has 1 unspecified atom stereocenters. The van der Waals surface area contributed by atoms with Gasteiger partial charge in [-0.1, -0.05) is 20.8 Å². The van der Waals surface area contributed by atoms with E-state index >= 15 is 0 Å². The van der Waals surface area contributed by atoms with Gasteiger partial charge in [0, 0.05) is 31.0 Å². The molecule has 1 N–H and O–H groups in total. The van der Waals surface area contributed by atoms with Crippen molar-refractivity contribution in [2.75, 3.05) is 7.05 Å². The summed E-state index contributed by atoms with van der Waals surface area (Å²) in [7, 11) is 1.92. The van der Waals surface area contributed by atoms with Crippen molar-refractivity contribution in [2.24, 2.45) is 5.92 Å². The van der Waals surface area contributed by atoms with Gasteiger partial charge in [0.1, 0.15) is 5.72 Å². The van der Waals surface area contributed by atoms with Crippen LogP contribution in [-0.2, 0) is 9.53 Å². The van der Waals surface area contributed by atoms with Gasteiger partial charge in [-0.15, -0.1) is 0 Å². The summed E-state index contributed by atoms with van der Waals surface area (Å²) in [4.78, 5) is 15.1. The first-order valence-electron chi connectivity index (χ1n) is 8.65. The predicted molar refractivity (Wildman–Crippen MR) is 89.6 cm³/mol. The number of ether oxygens (including phenoxy) is 1. The van der Waals surface area contributed by atoms with Crippen LogP contribution < -0.4 is 5.32 Å². The lowest BCUT2D eigenvalue weighted by Crippen LogP contribution is -2.65. The topological polar surface area (TPSA) is 41.6 Å². The first-order valence-corrected chi connectivity index (χ1v) is 8.65. The molecule has 0 saturated carbocycles. The minimum atomic E-state index is -0.683. The maximum absolute atomic E-state index is 13.2. The van der Waals surface area contributed by atoms with Crippen molar-refractivity contribution in [1.29, 1.82) is 0 Å². The van der Waals surface area contributed by atoms with Gasteiger partial charge in [-0.05, 0) is 46.5 Å². The Bertz CT molecular complexity index is 440. The minimum absolute atomic E-state index is 0.111. The molecule has 1 atom stereocenters. The van der Waals surface area contributed by atoms with E-state index in [4.69, 9.17) is 4.74 Å². The minimum Gasteiger partial charge on any atom is -0.339 e. The molecule has 128 valence electrons. The van der Waals surface area contributed by atoms with Crippen LogP contribution >= 0.6 is 0 Å². The average molecular weight is 310 g/mol. The molecule has 1 amide bonds. The smallest absolute Gasteiger partial charge is 0.257 e. The summed E-state index contributed by atoms with van der Waals surface area (Å²) in [5.74, 6) is 0.658. The molecule has 0 aliphatic carbocycles. The van der Waals surface area contributed by atoms with Crippen LogP contribution in [0.1, 0.15) is 74.1 Å². The third-order valence-electron chi connectivity index (χ3n) is 5.10. The van der Waals surface area contributed by atoms with E-state index < -0.39 is 11.3 Å². The van der Waals surface area contributed by atoms with E-state index in [0.29, 0.717) is 5.92 Å². The van der Waals surface area contributed by atoms with E-state index in [-0.39, 0.29) is 17.0 Å². The van der Waals surface area contributed by atoms with E-state index in [2.05, 4.69) is 53.8 Å². The molecule has 4 nitrogen and oxygen atoms in total. The largest absolute Gasteiger partial charge is 0.339 e. The molecule has 0 aromatic rings. The van der Waals surface area contributed by atoms with Gasteiger partial charge in [0.2, 0.25) is 0 Å². The lowest BCUT2D eigenvalue weighted by Gasteiger charge is -2.50. The third kappa shape index (κ3) is 2.92. The Morgan fingerprint density at radius 2 is 1.68 bits per heavy atom. The van der Waals surface area contributed by atoms with Crippen molar-refractivity contribution in [3.05, 3.63) is 0 Å². The number of amides is 1. The molecule has 1 spiro atoms. The summed E-state index contributed by atoms with van der Waals surface area (Å²) in [6, 6.07) is 0. The van der Waals surface area contributed by atoms with Gasteiger partial charge in [-0.3, -0.25) is 4.79 Å². The SMILES string of the molecule is CCC1(CC(C)C)OC2(CC(C)(C)NC(C)(C)C2)C(=O)N1C. The Balaban J connectivity index is 2.41. The molecule has 0 aromatic heterocycles. The standard InChI is InChI=1S/C18H34N2O2/c1-9-18(10-13(2)3)20(8)14(21)17(22-18)11-15(4,5)19-16(6,7)12-17/h13,19H,9-12H2,1-8H3. The first-order chi connectivity index (χ1) is 9.87. The molecule has 2 aliphatic heterocycles. The van der Waals surface area contributed by atoms with Crippen LogP contribution in [0.15, 0.2) is 0 Å². The lowest BCUT2D eigenvalue weighted by molar-refractivity contribution is -0.174. The van der Waals surface area contributed by atoms with Crippen molar-refractivity contribution < 1.29 is 9.53 Å². The molecule has 0 aromatic carbocycles. The molecule has 22 heavy (non-hydrogen) atoms. The third-order valence-corrected chi connectivity index (χ3v) is 5.10. The molecule has 2 heterocycles. The van der Waals surface area contributed by atoms with Crippen LogP contribution in [0.4, 0.5) is 0 Å². The quantitative estimate of drug-likeness (QED) is 0.869. The van der Waals surface area contributed by atoms with Gasteiger partial charge >= 0.3 is 0 Å². The Labute approximate surface area is 136 Å². The van der Waals surface area contributed by atoms with Gasteiger partial charge in [-0.25, -0.2) is 0 Å². The Morgan fingerprint density at radius 1 is 1.18 bits per heavy atom. The van der Waals surface area contributed by atoms with E-state index in [0.717, 1.165) is 25.7 Å². The monoisotopic (exact) mass is 310 g/mol. The van der Waals surface area contributed by atoms with Crippen molar-refractivity contribution in [3.63, 3.8) is 0 Å². The highest BCUT2D eigenvalue weighted by Gasteiger charge is 2.63. The fourth-order valence-electron chi connectivity index (χ4n) is 4.95. The second kappa shape index (κ2) is 5.20. The summed E-state index contributed by atoms with van der Waals surface area (Å²) in [6.45, 7) is 15.2. The number of carbonyl (C=O) groups excluding carboxylic acids is 1. The predicted octanol–water partition coefficient (Wildman–Crippen LogP) is 3.31. The first kappa shape index (κ1) is 17.7. The van der Waals surface area contributed by atoms with Gasteiger partial charge < -0.3 is 15.0 Å². The lowest BCUT2D eigenvalue weighted by atomic mass is 9.72. The maximum Gasteiger partial charge on any atom is 0.257 e. The van der Waals surface area contributed by atoms with Crippen molar-refractivity contribution in [1.82, 2.24) is 10.2 Å². The maximum atomic E-state index is 13.2. The second-order valence-corrected chi connectivity index (χ2v) is 9.10. The molecule has 0 radical (unpaired) electrons. The number of hydrogen-bond acceptors (Lipinski definition) is 3. The fourth-order valence-corrected chi connectivity index (χ4v) is 4.95. The zero-order chi connectivity index (χ0) is 17.0. The van der Waals surface area contributed by atoms with Crippen LogP contribution in [0, 0.1) is 5.92 Å². The van der Waals surface area contributed by atoms with Crippen molar-refractivity contribution in [3.8, 4) is 0 Å². The molecular formula is C18H34N2O2. The second-order valence-electron chi connectivity index (χ2n) is 9.10. The van der Waals surface area contributed by atoms with Crippen molar-refractivity contribution in [2.45, 2.75) is 96.6 Å². The highest BCUT2D eigenvalue weighted by atomic mass is 16.6. The van der Waals surface area contributed by atoms with Crippen LogP contribution in [0.3, 0.4) is 0 Å². The average Bonchev–Trinajstić information content (AvgIpc) is 2.47. The Hall–Kier alpha value is -0.610. The zero-order valence-corrected chi connectivity index (χ0v) is 15.7. The summed E-state index contributed by atoms with van der Waals surface area (Å²) in [5.41, 5.74) is -1.35. The van der Waals surface area contributed by atoms with Crippen LogP contribution in [-0.4, -0.2) is 40.3 Å². The molecule has 2 aliphatic rings. The van der Waals surface area contributed by atoms with E-state index in [9.17, 15) is 4.79 Å². The van der Waals surface area contributed by atoms with Gasteiger partial charge in [0.15, 0.2) is 5.60 Å². The molecule has 2 saturated heterocycles. The summed E-state index contributed by atoms with van der Waals surface area (Å²) < 4.78 is 6.67. The van der Waals surface area contributed by atoms with Crippen molar-refractivity contribution >= 4 is 5.91 Å². The molecular weight excluding hydrogens is 276 g/mol. The fraction of sp³-hybridized carbons (Fsp3) is 0.944. The molecule has 0 bridgehead atoms. The number of rotatable bonds is 3. The van der Waals surface area contributed by atoms with Crippen LogP contribution in [0.5, 0.6) is 0 Å². The highest BCUT2D eigenvalue weighted by molar-refractivity contribution is 5.88. The Kier molecular flexibility index (Phi) is 4.19. The summed E-state index contributed by atoms with van der Waals surface area (Å²) >= 11 is 0. The number of piperidine rings is 1. The normalized spacial score (nSPS) is 33.0. The van der Waals surface area contributed by atoms with Crippen LogP contribution in [0.25, 0.3) is 0 Å². The van der Waals surface area contributed by atoms with E-state index in [1.807, 2.05) is 11.9 Å². The molecule has 4 heteroatoms. The molecule has 2 fully saturated rings. The number of nitrogens with zero attached hydrogens (tertiary/aromatic N) is 1. The van der Waals surface area contributed by atoms with Gasteiger partial charge in [0.25, 0.3) is 5.91 Å². The zero-order valence-electron chi connectivity index (χ0n) is 15.7. The van der Waals surface area contributed by atoms with Gasteiger partial charge in [0.05, 0.1) is 0 Å². The number of hydrogen-bond donors (Lipinski definition) is 1. The van der Waals surface area contributed by atoms with E-state index in [1.54, 1.807) is 0 Å². The number of likely N-dealkylation sites (N-methyl/N-ethyl adjacent to an activating group) is 1. The van der Waals surface area contributed by atoms with E-state index in [1.165, 1.54) is 0 Å². The number of carbonyl (C=O) groups is 1. The number of nitrogens with one attached hydrogen (secondary N) is 1. The Morgan fingerprint density at radius 3 is 2.09 bits per heavy atom. The highest BCUT2D eigenvalue weighted by Crippen LogP contribution is 2.49. The summed E-state index contributed by atoms with van der Waals surface area (Å²) in [5, 5.41) is 3.65.